The molecule has 2 amide bonds. The van der Waals surface area contributed by atoms with Gasteiger partial charge < -0.3 is 10.6 Å². The van der Waals surface area contributed by atoms with E-state index in [4.69, 9.17) is 11.6 Å². The van der Waals surface area contributed by atoms with Crippen LogP contribution in [0.5, 0.6) is 0 Å². The van der Waals surface area contributed by atoms with Crippen LogP contribution in [0.3, 0.4) is 0 Å². The van der Waals surface area contributed by atoms with E-state index in [2.05, 4.69) is 37.1 Å². The molecule has 0 saturated carbocycles. The molecule has 1 aliphatic rings. The van der Waals surface area contributed by atoms with Gasteiger partial charge in [-0.05, 0) is 36.4 Å². The van der Waals surface area contributed by atoms with Crippen LogP contribution in [0.15, 0.2) is 66.9 Å². The molecule has 1 aliphatic heterocycles. The zero-order chi connectivity index (χ0) is 26.6. The van der Waals surface area contributed by atoms with Crippen molar-refractivity contribution >= 4 is 29.2 Å². The fraction of sp³-hybridized carbons (Fsp3) is 0.120. The normalized spacial score (nSPS) is 14.9. The van der Waals surface area contributed by atoms with E-state index in [9.17, 15) is 18.4 Å². The van der Waals surface area contributed by atoms with E-state index in [1.54, 1.807) is 24.3 Å². The van der Waals surface area contributed by atoms with Crippen molar-refractivity contribution < 1.29 is 18.4 Å². The number of para-hydroxylation sites is 1. The number of aromatic nitrogens is 3. The number of hydrogen-bond donors (Lipinski definition) is 5. The minimum Gasteiger partial charge on any atom is -0.349 e. The maximum Gasteiger partial charge on any atom is 0.271 e. The summed E-state index contributed by atoms with van der Waals surface area (Å²) in [6, 6.07) is 14.8. The van der Waals surface area contributed by atoms with Gasteiger partial charge in [-0.2, -0.15) is 10.6 Å². The van der Waals surface area contributed by atoms with Crippen molar-refractivity contribution in [3.8, 4) is 16.9 Å². The maximum absolute atomic E-state index is 14.7. The van der Waals surface area contributed by atoms with Gasteiger partial charge in [-0.15, -0.1) is 0 Å². The predicted molar refractivity (Wildman–Crippen MR) is 137 cm³/mol. The van der Waals surface area contributed by atoms with Gasteiger partial charge in [0.1, 0.15) is 23.1 Å². The van der Waals surface area contributed by atoms with Crippen LogP contribution < -0.4 is 27.0 Å². The number of hydrogen-bond acceptors (Lipinski definition) is 7. The molecular weight excluding hydrogens is 518 g/mol. The zero-order valence-corrected chi connectivity index (χ0v) is 20.4. The molecule has 194 valence electrons. The molecule has 38 heavy (non-hydrogen) atoms. The molecule has 1 unspecified atom stereocenters. The molecule has 5 rings (SSSR count). The van der Waals surface area contributed by atoms with E-state index in [0.717, 1.165) is 18.2 Å². The molecule has 0 spiro atoms. The van der Waals surface area contributed by atoms with Gasteiger partial charge in [-0.3, -0.25) is 14.6 Å². The first-order chi connectivity index (χ1) is 18.4. The highest BCUT2D eigenvalue weighted by Crippen LogP contribution is 2.30. The monoisotopic (exact) mass is 538 g/mol. The Morgan fingerprint density at radius 1 is 1.05 bits per heavy atom. The lowest BCUT2D eigenvalue weighted by Gasteiger charge is -2.12. The van der Waals surface area contributed by atoms with Gasteiger partial charge in [0, 0.05) is 30.9 Å². The average Bonchev–Trinajstić information content (AvgIpc) is 3.59. The number of nitrogens with one attached hydrogen (secondary N) is 5. The number of carbonyl (C=O) groups excluding carboxylic acids is 2. The number of benzene rings is 2. The number of hydrazine groups is 2. The summed E-state index contributed by atoms with van der Waals surface area (Å²) in [4.78, 5) is 30.0. The second kappa shape index (κ2) is 11.0. The quantitative estimate of drug-likeness (QED) is 0.245. The molecule has 10 nitrogen and oxygen atoms in total. The molecular formula is C25H21ClF2N8O2. The predicted octanol–water partition coefficient (Wildman–Crippen LogP) is 2.83. The highest BCUT2D eigenvalue weighted by Gasteiger charge is 2.22. The molecule has 2 aromatic heterocycles. The molecule has 4 aromatic rings. The largest absolute Gasteiger partial charge is 0.349 e. The van der Waals surface area contributed by atoms with Crippen molar-refractivity contribution in [3.63, 3.8) is 0 Å². The summed E-state index contributed by atoms with van der Waals surface area (Å²) in [5, 5.41) is 9.65. The number of pyridine rings is 1. The number of anilines is 1. The molecule has 3 heterocycles. The van der Waals surface area contributed by atoms with Crippen LogP contribution in [0.2, 0.25) is 5.02 Å². The van der Waals surface area contributed by atoms with E-state index < -0.39 is 23.4 Å². The fourth-order valence-corrected chi connectivity index (χ4v) is 4.06. The van der Waals surface area contributed by atoms with E-state index in [-0.39, 0.29) is 39.4 Å². The maximum atomic E-state index is 14.7. The van der Waals surface area contributed by atoms with Gasteiger partial charge in [0.2, 0.25) is 0 Å². The van der Waals surface area contributed by atoms with Crippen molar-refractivity contribution in [2.75, 3.05) is 18.4 Å². The Labute approximate surface area is 220 Å². The van der Waals surface area contributed by atoms with Crippen LogP contribution in [-0.4, -0.2) is 45.7 Å². The standard InChI is InChI=1S/C25H21ClF2N8O2/c26-18-10-20(28)17(23-19(27)7-4-8-29-23)9-16(18)24(37)32-22-11-21(25(38)30-12-14-13-31-35-33-14)34-36(22)15-5-2-1-3-6-15/h1-11,14,31,33,35H,12-13H2,(H,30,38)(H,32,37). The van der Waals surface area contributed by atoms with Crippen LogP contribution in [0, 0.1) is 11.6 Å². The lowest BCUT2D eigenvalue weighted by Crippen LogP contribution is -2.41. The summed E-state index contributed by atoms with van der Waals surface area (Å²) >= 11 is 6.19. The fourth-order valence-electron chi connectivity index (χ4n) is 3.83. The van der Waals surface area contributed by atoms with E-state index in [0.29, 0.717) is 18.8 Å². The number of rotatable bonds is 7. The topological polar surface area (TPSA) is 125 Å². The van der Waals surface area contributed by atoms with Crippen molar-refractivity contribution in [3.05, 3.63) is 94.8 Å². The van der Waals surface area contributed by atoms with Crippen molar-refractivity contribution in [1.29, 1.82) is 0 Å². The Kier molecular flexibility index (Phi) is 7.38. The molecule has 1 saturated heterocycles. The van der Waals surface area contributed by atoms with Crippen LogP contribution in [-0.2, 0) is 0 Å². The molecule has 0 radical (unpaired) electrons. The van der Waals surface area contributed by atoms with Crippen LogP contribution in [0.4, 0.5) is 14.6 Å². The molecule has 13 heteroatoms. The zero-order valence-electron chi connectivity index (χ0n) is 19.6. The first kappa shape index (κ1) is 25.4. The third kappa shape index (κ3) is 5.38. The number of amides is 2. The van der Waals surface area contributed by atoms with E-state index >= 15 is 0 Å². The highest BCUT2D eigenvalue weighted by atomic mass is 35.5. The number of nitrogens with zero attached hydrogens (tertiary/aromatic N) is 3. The van der Waals surface area contributed by atoms with Crippen LogP contribution in [0.1, 0.15) is 20.8 Å². The van der Waals surface area contributed by atoms with Gasteiger partial charge in [0.25, 0.3) is 11.8 Å². The van der Waals surface area contributed by atoms with Crippen molar-refractivity contribution in [1.82, 2.24) is 36.5 Å². The van der Waals surface area contributed by atoms with Gasteiger partial charge in [-0.25, -0.2) is 24.3 Å². The Balaban J connectivity index is 1.45. The van der Waals surface area contributed by atoms with Gasteiger partial charge >= 0.3 is 0 Å². The SMILES string of the molecule is O=C(NCC1CNNN1)c1cc(NC(=O)c2cc(-c3ncccc3F)c(F)cc2Cl)n(-c2ccccc2)n1. The first-order valence-electron chi connectivity index (χ1n) is 11.5. The minimum atomic E-state index is -0.834. The molecule has 1 atom stereocenters. The summed E-state index contributed by atoms with van der Waals surface area (Å²) in [7, 11) is 0. The van der Waals surface area contributed by atoms with Gasteiger partial charge in [-0.1, -0.05) is 29.8 Å². The second-order valence-corrected chi connectivity index (χ2v) is 8.73. The van der Waals surface area contributed by atoms with E-state index in [1.807, 2.05) is 6.07 Å². The highest BCUT2D eigenvalue weighted by molar-refractivity contribution is 6.34. The van der Waals surface area contributed by atoms with Gasteiger partial charge in [0.15, 0.2) is 5.69 Å². The lowest BCUT2D eigenvalue weighted by molar-refractivity contribution is 0.0944. The van der Waals surface area contributed by atoms with Crippen molar-refractivity contribution in [2.45, 2.75) is 6.04 Å². The molecule has 2 aromatic carbocycles. The Morgan fingerprint density at radius 3 is 2.61 bits per heavy atom. The summed E-state index contributed by atoms with van der Waals surface area (Å²) < 4.78 is 30.3. The number of carbonyl (C=O) groups is 2. The number of halogens is 3. The van der Waals surface area contributed by atoms with Crippen LogP contribution >= 0.6 is 11.6 Å². The molecule has 0 aliphatic carbocycles. The molecule has 0 bridgehead atoms. The summed E-state index contributed by atoms with van der Waals surface area (Å²) in [5.41, 5.74) is 8.64. The Bertz CT molecular complexity index is 1490. The summed E-state index contributed by atoms with van der Waals surface area (Å²) in [6.45, 7) is 0.944. The van der Waals surface area contributed by atoms with Crippen molar-refractivity contribution in [2.24, 2.45) is 0 Å². The molecule has 5 N–H and O–H groups in total. The molecule has 1 fully saturated rings. The smallest absolute Gasteiger partial charge is 0.271 e. The van der Waals surface area contributed by atoms with E-state index in [1.165, 1.54) is 23.0 Å². The third-order valence-electron chi connectivity index (χ3n) is 5.72. The third-order valence-corrected chi connectivity index (χ3v) is 6.03. The summed E-state index contributed by atoms with van der Waals surface area (Å²) in [6.07, 6.45) is 1.31. The van der Waals surface area contributed by atoms with Gasteiger partial charge in [0.05, 0.1) is 22.3 Å². The lowest BCUT2D eigenvalue weighted by atomic mass is 10.1. The summed E-state index contributed by atoms with van der Waals surface area (Å²) in [5.74, 6) is -2.59. The first-order valence-corrected chi connectivity index (χ1v) is 11.9. The minimum absolute atomic E-state index is 0.0203. The Morgan fingerprint density at radius 2 is 1.87 bits per heavy atom. The second-order valence-electron chi connectivity index (χ2n) is 8.32. The van der Waals surface area contributed by atoms with Crippen LogP contribution in [0.25, 0.3) is 16.9 Å². The Hall–Kier alpha value is -4.23. The average molecular weight is 539 g/mol.